The third-order valence-corrected chi connectivity index (χ3v) is 3.47. The van der Waals surface area contributed by atoms with Crippen molar-refractivity contribution in [2.45, 2.75) is 51.5 Å². The largest absolute Gasteiger partial charge is 0.466 e. The monoisotopic (exact) mass is 298 g/mol. The summed E-state index contributed by atoms with van der Waals surface area (Å²) in [5, 5.41) is 0.557. The molecule has 112 valence electrons. The summed E-state index contributed by atoms with van der Waals surface area (Å²) in [5.74, 6) is 0.577. The van der Waals surface area contributed by atoms with Gasteiger partial charge >= 0.3 is 5.97 Å². The van der Waals surface area contributed by atoms with Crippen molar-refractivity contribution in [1.29, 1.82) is 0 Å². The van der Waals surface area contributed by atoms with Gasteiger partial charge < -0.3 is 9.29 Å². The fourth-order valence-corrected chi connectivity index (χ4v) is 2.10. The Balaban J connectivity index is 2.35. The number of nitrogens with zero attached hydrogens (tertiary/aromatic N) is 2. The first-order chi connectivity index (χ1) is 9.49. The third-order valence-electron chi connectivity index (χ3n) is 3.05. The molecule has 0 bridgehead atoms. The van der Waals surface area contributed by atoms with Gasteiger partial charge in [-0.2, -0.15) is 0 Å². The van der Waals surface area contributed by atoms with Crippen molar-refractivity contribution in [1.82, 2.24) is 9.97 Å². The van der Waals surface area contributed by atoms with E-state index in [2.05, 4.69) is 9.97 Å². The van der Waals surface area contributed by atoms with Gasteiger partial charge in [-0.3, -0.25) is 4.79 Å². The van der Waals surface area contributed by atoms with Crippen LogP contribution >= 0.6 is 12.0 Å². The summed E-state index contributed by atoms with van der Waals surface area (Å²) in [6.07, 6.45) is 4.98. The number of aryl methyl sites for hydroxylation is 1. The Hall–Kier alpha value is -1.14. The molecule has 0 saturated heterocycles. The van der Waals surface area contributed by atoms with E-state index in [9.17, 15) is 4.79 Å². The summed E-state index contributed by atoms with van der Waals surface area (Å²) >= 11 is 0.624. The SMILES string of the molecule is CCOC(=O)C(C)(C)CCCCc1nccc(SO)n1. The topological polar surface area (TPSA) is 72.3 Å². The first-order valence-electron chi connectivity index (χ1n) is 6.80. The van der Waals surface area contributed by atoms with Crippen LogP contribution in [0.5, 0.6) is 0 Å². The van der Waals surface area contributed by atoms with Crippen molar-refractivity contribution in [2.75, 3.05) is 6.61 Å². The summed E-state index contributed by atoms with van der Waals surface area (Å²) in [7, 11) is 0. The highest BCUT2D eigenvalue weighted by molar-refractivity contribution is 7.93. The van der Waals surface area contributed by atoms with Crippen molar-refractivity contribution >= 4 is 18.0 Å². The minimum atomic E-state index is -0.445. The maximum atomic E-state index is 11.7. The highest BCUT2D eigenvalue weighted by atomic mass is 32.2. The lowest BCUT2D eigenvalue weighted by molar-refractivity contribution is -0.153. The second-order valence-electron chi connectivity index (χ2n) is 5.21. The third kappa shape index (κ3) is 5.46. The van der Waals surface area contributed by atoms with E-state index in [-0.39, 0.29) is 5.97 Å². The summed E-state index contributed by atoms with van der Waals surface area (Å²) in [4.78, 5) is 20.1. The fraction of sp³-hybridized carbons (Fsp3) is 0.643. The molecule has 1 N–H and O–H groups in total. The average molecular weight is 298 g/mol. The van der Waals surface area contributed by atoms with Crippen LogP contribution in [0.15, 0.2) is 17.3 Å². The minimum Gasteiger partial charge on any atom is -0.466 e. The first-order valence-corrected chi connectivity index (χ1v) is 7.57. The van der Waals surface area contributed by atoms with Crippen LogP contribution in [0.4, 0.5) is 0 Å². The van der Waals surface area contributed by atoms with Gasteiger partial charge in [0.05, 0.1) is 12.0 Å². The lowest BCUT2D eigenvalue weighted by Crippen LogP contribution is -2.26. The zero-order valence-corrected chi connectivity index (χ0v) is 13.1. The number of hydrogen-bond acceptors (Lipinski definition) is 6. The number of esters is 1. The summed E-state index contributed by atoms with van der Waals surface area (Å²) in [6.45, 7) is 6.05. The normalized spacial score (nSPS) is 11.4. The molecule has 0 atom stereocenters. The Morgan fingerprint density at radius 1 is 1.45 bits per heavy atom. The Kier molecular flexibility index (Phi) is 6.95. The van der Waals surface area contributed by atoms with Crippen LogP contribution in [0.2, 0.25) is 0 Å². The maximum absolute atomic E-state index is 11.7. The van der Waals surface area contributed by atoms with Gasteiger partial charge in [0.1, 0.15) is 10.9 Å². The molecular weight excluding hydrogens is 276 g/mol. The number of unbranched alkanes of at least 4 members (excludes halogenated alkanes) is 1. The van der Waals surface area contributed by atoms with Crippen LogP contribution < -0.4 is 0 Å². The van der Waals surface area contributed by atoms with Crippen molar-refractivity contribution in [3.63, 3.8) is 0 Å². The van der Waals surface area contributed by atoms with Crippen molar-refractivity contribution < 1.29 is 14.1 Å². The van der Waals surface area contributed by atoms with Crippen molar-refractivity contribution in [2.24, 2.45) is 5.41 Å². The smallest absolute Gasteiger partial charge is 0.311 e. The second-order valence-corrected chi connectivity index (χ2v) is 5.81. The van der Waals surface area contributed by atoms with Gasteiger partial charge in [-0.05, 0) is 39.7 Å². The van der Waals surface area contributed by atoms with Crippen molar-refractivity contribution in [3.8, 4) is 0 Å². The lowest BCUT2D eigenvalue weighted by atomic mass is 9.87. The molecule has 20 heavy (non-hydrogen) atoms. The molecule has 1 aromatic rings. The molecule has 0 aliphatic carbocycles. The molecule has 0 aliphatic heterocycles. The molecule has 0 saturated carbocycles. The van der Waals surface area contributed by atoms with E-state index < -0.39 is 5.41 Å². The van der Waals surface area contributed by atoms with Crippen molar-refractivity contribution in [3.05, 3.63) is 18.1 Å². The molecule has 0 aliphatic rings. The molecule has 0 fully saturated rings. The minimum absolute atomic E-state index is 0.144. The van der Waals surface area contributed by atoms with Crippen LogP contribution in [-0.4, -0.2) is 27.1 Å². The molecule has 1 aromatic heterocycles. The number of carbonyl (C=O) groups is 1. The van der Waals surface area contributed by atoms with Crippen LogP contribution in [0.3, 0.4) is 0 Å². The van der Waals surface area contributed by atoms with E-state index in [1.165, 1.54) is 0 Å². The predicted molar refractivity (Wildman–Crippen MR) is 78.5 cm³/mol. The summed E-state index contributed by atoms with van der Waals surface area (Å²) in [6, 6.07) is 1.66. The zero-order valence-electron chi connectivity index (χ0n) is 12.3. The molecule has 1 rings (SSSR count). The molecule has 0 unspecified atom stereocenters. The van der Waals surface area contributed by atoms with E-state index in [4.69, 9.17) is 9.29 Å². The van der Waals surface area contributed by atoms with Crippen LogP contribution in [0.1, 0.15) is 45.9 Å². The molecule has 0 radical (unpaired) electrons. The Morgan fingerprint density at radius 3 is 2.85 bits per heavy atom. The molecule has 1 heterocycles. The summed E-state index contributed by atoms with van der Waals surface area (Å²) in [5.41, 5.74) is -0.445. The van der Waals surface area contributed by atoms with Gasteiger partial charge in [0.2, 0.25) is 0 Å². The number of aromatic nitrogens is 2. The maximum Gasteiger partial charge on any atom is 0.311 e. The van der Waals surface area contributed by atoms with Gasteiger partial charge in [-0.1, -0.05) is 6.42 Å². The highest BCUT2D eigenvalue weighted by Gasteiger charge is 2.28. The van der Waals surface area contributed by atoms with Gasteiger partial charge in [0.15, 0.2) is 0 Å². The van der Waals surface area contributed by atoms with E-state index in [1.807, 2.05) is 20.8 Å². The predicted octanol–water partition coefficient (Wildman–Crippen LogP) is 3.34. The van der Waals surface area contributed by atoms with Gasteiger partial charge in [-0.15, -0.1) is 0 Å². The van der Waals surface area contributed by atoms with Gasteiger partial charge in [0.25, 0.3) is 0 Å². The Bertz CT molecular complexity index is 438. The molecule has 6 heteroatoms. The quantitative estimate of drug-likeness (QED) is 0.343. The van der Waals surface area contributed by atoms with E-state index in [0.717, 1.165) is 31.5 Å². The molecule has 0 aromatic carbocycles. The van der Waals surface area contributed by atoms with Crippen LogP contribution in [0.25, 0.3) is 0 Å². The van der Waals surface area contributed by atoms with E-state index >= 15 is 0 Å². The molecule has 0 spiro atoms. The molecule has 0 amide bonds. The number of ether oxygens (including phenoxy) is 1. The summed E-state index contributed by atoms with van der Waals surface area (Å²) < 4.78 is 14.0. The van der Waals surface area contributed by atoms with E-state index in [1.54, 1.807) is 12.3 Å². The zero-order chi connectivity index (χ0) is 15.0. The molecular formula is C14H22N2O3S. The lowest BCUT2D eigenvalue weighted by Gasteiger charge is -2.21. The van der Waals surface area contributed by atoms with Gasteiger partial charge in [-0.25, -0.2) is 9.97 Å². The number of hydrogen-bond donors (Lipinski definition) is 1. The Labute approximate surface area is 124 Å². The van der Waals surface area contributed by atoms with Gasteiger partial charge in [0, 0.05) is 24.7 Å². The number of rotatable bonds is 8. The molecule has 5 nitrogen and oxygen atoms in total. The van der Waals surface area contributed by atoms with E-state index in [0.29, 0.717) is 23.7 Å². The number of carbonyl (C=O) groups excluding carboxylic acids is 1. The highest BCUT2D eigenvalue weighted by Crippen LogP contribution is 2.25. The van der Waals surface area contributed by atoms with Crippen LogP contribution in [0, 0.1) is 5.41 Å². The first kappa shape index (κ1) is 16.9. The fourth-order valence-electron chi connectivity index (χ4n) is 1.83. The standard InChI is InChI=1S/C14H22N2O3S/c1-4-19-13(17)14(2,3)9-6-5-7-11-15-10-8-12(16-11)20-18/h8,10,18H,4-7,9H2,1-3H3. The van der Waals surface area contributed by atoms with Crippen LogP contribution in [-0.2, 0) is 16.0 Å². The Morgan fingerprint density at radius 2 is 2.20 bits per heavy atom. The second kappa shape index (κ2) is 8.21. The average Bonchev–Trinajstić information content (AvgIpc) is 2.44.